The van der Waals surface area contributed by atoms with Crippen molar-refractivity contribution in [2.24, 2.45) is 0 Å². The number of benzene rings is 4. The summed E-state index contributed by atoms with van der Waals surface area (Å²) in [4.78, 5) is 28.5. The summed E-state index contributed by atoms with van der Waals surface area (Å²) in [6.45, 7) is -0.305. The van der Waals surface area contributed by atoms with Crippen LogP contribution in [0.25, 0.3) is 0 Å². The maximum absolute atomic E-state index is 13.9. The summed E-state index contributed by atoms with van der Waals surface area (Å²) in [6.07, 6.45) is -0.986. The summed E-state index contributed by atoms with van der Waals surface area (Å²) in [6, 6.07) is 29.3. The van der Waals surface area contributed by atoms with Gasteiger partial charge in [-0.1, -0.05) is 82.1 Å². The van der Waals surface area contributed by atoms with Crippen LogP contribution >= 0.6 is 27.5 Å². The molecule has 2 amide bonds. The van der Waals surface area contributed by atoms with E-state index >= 15 is 0 Å². The van der Waals surface area contributed by atoms with Crippen molar-refractivity contribution in [3.63, 3.8) is 0 Å². The van der Waals surface area contributed by atoms with E-state index in [0.29, 0.717) is 28.6 Å². The normalized spacial score (nSPS) is 14.6. The average molecular weight is 669 g/mol. The smallest absolute Gasteiger partial charge is 0.263 e. The number of fused-ring (bicyclic) bond motifs is 1. The first-order valence-electron chi connectivity index (χ1n) is 13.1. The predicted molar refractivity (Wildman–Crippen MR) is 165 cm³/mol. The Bertz CT molecular complexity index is 1670. The van der Waals surface area contributed by atoms with E-state index in [1.165, 1.54) is 17.0 Å². The van der Waals surface area contributed by atoms with Crippen LogP contribution in [-0.4, -0.2) is 43.7 Å². The Balaban J connectivity index is 1.40. The SMILES string of the molecule is O=C(NCc1ccccc1)[C@H]1CN(C(=O)CN(Cc2ccc(Cl)cc2)S(=O)(=O)c2ccc(Br)cc2)c2ccccc2O1. The van der Waals surface area contributed by atoms with E-state index in [9.17, 15) is 18.0 Å². The number of anilines is 1. The molecule has 4 aromatic rings. The molecule has 0 radical (unpaired) electrons. The summed E-state index contributed by atoms with van der Waals surface area (Å²) >= 11 is 9.37. The summed E-state index contributed by atoms with van der Waals surface area (Å²) in [7, 11) is -4.08. The first-order chi connectivity index (χ1) is 20.2. The molecule has 0 fully saturated rings. The van der Waals surface area contributed by atoms with Crippen LogP contribution in [0.1, 0.15) is 11.1 Å². The number of para-hydroxylation sites is 2. The van der Waals surface area contributed by atoms with E-state index in [4.69, 9.17) is 16.3 Å². The number of amides is 2. The first-order valence-corrected chi connectivity index (χ1v) is 15.7. The number of carbonyl (C=O) groups is 2. The zero-order valence-corrected chi connectivity index (χ0v) is 25.5. The number of nitrogens with one attached hydrogen (secondary N) is 1. The molecule has 1 N–H and O–H groups in total. The Hall–Kier alpha value is -3.70. The highest BCUT2D eigenvalue weighted by Crippen LogP contribution is 2.34. The largest absolute Gasteiger partial charge is 0.477 e. The molecule has 1 aliphatic rings. The van der Waals surface area contributed by atoms with Crippen molar-refractivity contribution in [3.8, 4) is 5.75 Å². The molecule has 1 heterocycles. The monoisotopic (exact) mass is 667 g/mol. The fraction of sp³-hybridized carbons (Fsp3) is 0.161. The molecule has 0 unspecified atom stereocenters. The number of carbonyl (C=O) groups excluding carboxylic acids is 2. The lowest BCUT2D eigenvalue weighted by Gasteiger charge is -2.35. The van der Waals surface area contributed by atoms with Crippen LogP contribution in [0.2, 0.25) is 5.02 Å². The van der Waals surface area contributed by atoms with Gasteiger partial charge in [0.2, 0.25) is 15.9 Å². The number of nitrogens with zero attached hydrogens (tertiary/aromatic N) is 2. The van der Waals surface area contributed by atoms with Crippen LogP contribution in [0.5, 0.6) is 5.75 Å². The summed E-state index contributed by atoms with van der Waals surface area (Å²) in [5.74, 6) is -0.523. The highest BCUT2D eigenvalue weighted by molar-refractivity contribution is 9.10. The van der Waals surface area contributed by atoms with E-state index in [1.54, 1.807) is 60.7 Å². The van der Waals surface area contributed by atoms with Crippen molar-refractivity contribution in [1.29, 1.82) is 0 Å². The number of hydrogen-bond acceptors (Lipinski definition) is 5. The second-order valence-electron chi connectivity index (χ2n) is 9.64. The minimum atomic E-state index is -4.08. The predicted octanol–water partition coefficient (Wildman–Crippen LogP) is 5.40. The van der Waals surface area contributed by atoms with Crippen LogP contribution in [-0.2, 0) is 32.7 Å². The molecule has 8 nitrogen and oxygen atoms in total. The lowest BCUT2D eigenvalue weighted by atomic mass is 10.1. The third kappa shape index (κ3) is 7.01. The van der Waals surface area contributed by atoms with Gasteiger partial charge in [0, 0.05) is 22.6 Å². The molecule has 42 heavy (non-hydrogen) atoms. The lowest BCUT2D eigenvalue weighted by molar-refractivity contribution is -0.128. The quantitative estimate of drug-likeness (QED) is 0.258. The van der Waals surface area contributed by atoms with Crippen LogP contribution in [0, 0.1) is 0 Å². The van der Waals surface area contributed by atoms with Gasteiger partial charge in [0.15, 0.2) is 6.10 Å². The van der Waals surface area contributed by atoms with Gasteiger partial charge in [-0.05, 0) is 59.7 Å². The maximum Gasteiger partial charge on any atom is 0.263 e. The number of hydrogen-bond donors (Lipinski definition) is 1. The maximum atomic E-state index is 13.9. The topological polar surface area (TPSA) is 96.0 Å². The van der Waals surface area contributed by atoms with Gasteiger partial charge in [-0.25, -0.2) is 8.42 Å². The third-order valence-electron chi connectivity index (χ3n) is 6.71. The molecule has 0 saturated heterocycles. The fourth-order valence-electron chi connectivity index (χ4n) is 4.52. The van der Waals surface area contributed by atoms with Crippen LogP contribution in [0.4, 0.5) is 5.69 Å². The van der Waals surface area contributed by atoms with Crippen LogP contribution in [0.15, 0.2) is 112 Å². The number of rotatable bonds is 9. The minimum absolute atomic E-state index is 0.0491. The van der Waals surface area contributed by atoms with E-state index in [1.807, 2.05) is 30.3 Å². The molecule has 0 saturated carbocycles. The summed E-state index contributed by atoms with van der Waals surface area (Å²) in [5.41, 5.74) is 2.04. The zero-order chi connectivity index (χ0) is 29.7. The van der Waals surface area contributed by atoms with E-state index in [2.05, 4.69) is 21.2 Å². The average Bonchev–Trinajstić information content (AvgIpc) is 3.00. The number of ether oxygens (including phenoxy) is 1. The summed E-state index contributed by atoms with van der Waals surface area (Å²) in [5, 5.41) is 3.38. The van der Waals surface area contributed by atoms with Crippen molar-refractivity contribution < 1.29 is 22.7 Å². The van der Waals surface area contributed by atoms with Crippen molar-refractivity contribution in [2.75, 3.05) is 18.0 Å². The Morgan fingerprint density at radius 1 is 0.905 bits per heavy atom. The molecule has 4 aromatic carbocycles. The van der Waals surface area contributed by atoms with Crippen molar-refractivity contribution in [2.45, 2.75) is 24.1 Å². The molecule has 0 spiro atoms. The van der Waals surface area contributed by atoms with Gasteiger partial charge in [0.1, 0.15) is 5.75 Å². The molecular weight excluding hydrogens is 642 g/mol. The van der Waals surface area contributed by atoms with Gasteiger partial charge in [0.05, 0.1) is 23.7 Å². The van der Waals surface area contributed by atoms with Gasteiger partial charge < -0.3 is 15.0 Å². The minimum Gasteiger partial charge on any atom is -0.477 e. The summed E-state index contributed by atoms with van der Waals surface area (Å²) < 4.78 is 35.4. The van der Waals surface area contributed by atoms with Crippen LogP contribution < -0.4 is 15.0 Å². The molecule has 1 aliphatic heterocycles. The van der Waals surface area contributed by atoms with E-state index in [-0.39, 0.29) is 23.9 Å². The van der Waals surface area contributed by atoms with Gasteiger partial charge in [-0.2, -0.15) is 4.31 Å². The number of sulfonamides is 1. The Morgan fingerprint density at radius 3 is 2.29 bits per heavy atom. The Labute approximate surface area is 258 Å². The van der Waals surface area contributed by atoms with Gasteiger partial charge in [-0.3, -0.25) is 9.59 Å². The molecule has 0 aromatic heterocycles. The van der Waals surface area contributed by atoms with Crippen molar-refractivity contribution in [1.82, 2.24) is 9.62 Å². The van der Waals surface area contributed by atoms with Crippen LogP contribution in [0.3, 0.4) is 0 Å². The molecule has 216 valence electrons. The number of halogens is 2. The lowest BCUT2D eigenvalue weighted by Crippen LogP contribution is -2.52. The molecule has 1 atom stereocenters. The first kappa shape index (κ1) is 29.8. The molecule has 0 bridgehead atoms. The second-order valence-corrected chi connectivity index (χ2v) is 12.9. The highest BCUT2D eigenvalue weighted by atomic mass is 79.9. The van der Waals surface area contributed by atoms with Crippen molar-refractivity contribution >= 4 is 55.1 Å². The molecule has 11 heteroatoms. The highest BCUT2D eigenvalue weighted by Gasteiger charge is 2.36. The Morgan fingerprint density at radius 2 is 1.57 bits per heavy atom. The zero-order valence-electron chi connectivity index (χ0n) is 22.3. The van der Waals surface area contributed by atoms with Gasteiger partial charge >= 0.3 is 0 Å². The Kier molecular flexibility index (Phi) is 9.27. The van der Waals surface area contributed by atoms with E-state index in [0.717, 1.165) is 14.3 Å². The molecular formula is C31H27BrClN3O5S. The third-order valence-corrected chi connectivity index (χ3v) is 9.30. The second kappa shape index (κ2) is 13.1. The van der Waals surface area contributed by atoms with Gasteiger partial charge in [-0.15, -0.1) is 0 Å². The van der Waals surface area contributed by atoms with E-state index < -0.39 is 28.6 Å². The molecule has 5 rings (SSSR count). The molecule has 0 aliphatic carbocycles. The van der Waals surface area contributed by atoms with Gasteiger partial charge in [0.25, 0.3) is 5.91 Å². The standard InChI is InChI=1S/C31H27BrClN3O5S/c32-24-12-16-26(17-13-24)42(39,40)35(19-23-10-14-25(33)15-11-23)21-30(37)36-20-29(41-28-9-5-4-8-27(28)36)31(38)34-18-22-6-2-1-3-7-22/h1-17,29H,18-21H2,(H,34,38)/t29-/m1/s1. The fourth-order valence-corrected chi connectivity index (χ4v) is 6.29. The van der Waals surface area contributed by atoms with Crippen molar-refractivity contribution in [3.05, 3.63) is 124 Å².